The van der Waals surface area contributed by atoms with E-state index < -0.39 is 57.3 Å². The number of benzene rings is 1. The third-order valence-corrected chi connectivity index (χ3v) is 8.21. The molecule has 1 saturated heterocycles. The minimum absolute atomic E-state index is 0.0653. The SMILES string of the molecule is C[C@@H]1[C@H](NC(=O)C(=NOC(C)(C)C(=O)NNC(=O)CN2Cc3cc(O)c(O)cc3C2)c2csc(N)n2)C(=O)N1S(=O)(=O)O. The fourth-order valence-electron chi connectivity index (χ4n) is 4.24. The molecule has 2 aliphatic heterocycles. The topological polar surface area (TPSA) is 266 Å². The van der Waals surface area contributed by atoms with Gasteiger partial charge in [-0.3, -0.25) is 39.5 Å². The highest BCUT2D eigenvalue weighted by Gasteiger charge is 2.51. The smallest absolute Gasteiger partial charge is 0.362 e. The molecular weight excluding hydrogens is 612 g/mol. The van der Waals surface area contributed by atoms with Crippen molar-refractivity contribution in [3.8, 4) is 11.5 Å². The third kappa shape index (κ3) is 6.77. The van der Waals surface area contributed by atoms with Crippen molar-refractivity contribution in [3.63, 3.8) is 0 Å². The number of phenols is 2. The molecule has 1 aromatic carbocycles. The van der Waals surface area contributed by atoms with Gasteiger partial charge < -0.3 is 26.1 Å². The lowest BCUT2D eigenvalue weighted by Gasteiger charge is -2.42. The van der Waals surface area contributed by atoms with Crippen LogP contribution in [-0.2, 0) is 47.4 Å². The van der Waals surface area contributed by atoms with Crippen LogP contribution in [0.2, 0.25) is 0 Å². The molecule has 0 spiro atoms. The molecule has 4 rings (SSSR count). The maximum Gasteiger partial charge on any atom is 0.362 e. The van der Waals surface area contributed by atoms with Crippen LogP contribution < -0.4 is 21.9 Å². The molecule has 1 aromatic heterocycles. The Balaban J connectivity index is 1.36. The molecule has 2 atom stereocenters. The molecule has 0 unspecified atom stereocenters. The van der Waals surface area contributed by atoms with Crippen molar-refractivity contribution in [1.29, 1.82) is 0 Å². The van der Waals surface area contributed by atoms with E-state index in [1.807, 2.05) is 0 Å². The Morgan fingerprint density at radius 3 is 2.30 bits per heavy atom. The average molecular weight is 641 g/mol. The first-order valence-electron chi connectivity index (χ1n) is 12.4. The van der Waals surface area contributed by atoms with E-state index in [0.717, 1.165) is 22.5 Å². The zero-order chi connectivity index (χ0) is 31.9. The number of phenolic OH excluding ortho intramolecular Hbond substituents is 2. The van der Waals surface area contributed by atoms with Gasteiger partial charge in [-0.1, -0.05) is 5.16 Å². The third-order valence-electron chi connectivity index (χ3n) is 6.53. The summed E-state index contributed by atoms with van der Waals surface area (Å²) < 4.78 is 32.1. The molecule has 232 valence electrons. The Labute approximate surface area is 248 Å². The second-order valence-corrected chi connectivity index (χ2v) is 12.4. The van der Waals surface area contributed by atoms with E-state index in [-0.39, 0.29) is 33.2 Å². The molecule has 3 heterocycles. The summed E-state index contributed by atoms with van der Waals surface area (Å²) in [5.41, 5.74) is 9.28. The van der Waals surface area contributed by atoms with Crippen LogP contribution >= 0.6 is 11.3 Å². The lowest BCUT2D eigenvalue weighted by atomic mass is 10.0. The molecule has 18 nitrogen and oxygen atoms in total. The fraction of sp³-hybridized carbons (Fsp3) is 0.391. The summed E-state index contributed by atoms with van der Waals surface area (Å²) in [6.45, 7) is 4.41. The largest absolute Gasteiger partial charge is 0.504 e. The number of fused-ring (bicyclic) bond motifs is 1. The molecule has 0 radical (unpaired) electrons. The molecule has 1 fully saturated rings. The van der Waals surface area contributed by atoms with Gasteiger partial charge in [-0.15, -0.1) is 11.3 Å². The first-order chi connectivity index (χ1) is 20.0. The number of rotatable bonds is 9. The maximum absolute atomic E-state index is 13.0. The van der Waals surface area contributed by atoms with E-state index >= 15 is 0 Å². The average Bonchev–Trinajstić information content (AvgIpc) is 3.50. The van der Waals surface area contributed by atoms with Crippen molar-refractivity contribution in [1.82, 2.24) is 30.4 Å². The van der Waals surface area contributed by atoms with Gasteiger partial charge in [0, 0.05) is 18.5 Å². The maximum atomic E-state index is 13.0. The van der Waals surface area contributed by atoms with Crippen LogP contribution in [0.4, 0.5) is 5.13 Å². The number of nitrogens with one attached hydrogen (secondary N) is 3. The molecular formula is C23H28N8O10S2. The molecule has 43 heavy (non-hydrogen) atoms. The van der Waals surface area contributed by atoms with Crippen LogP contribution in [0.1, 0.15) is 37.6 Å². The van der Waals surface area contributed by atoms with E-state index in [9.17, 15) is 37.8 Å². The fourth-order valence-corrected chi connectivity index (χ4v) is 5.67. The number of carbonyl (C=O) groups excluding carboxylic acids is 4. The second kappa shape index (κ2) is 11.6. The monoisotopic (exact) mass is 640 g/mol. The van der Waals surface area contributed by atoms with Gasteiger partial charge in [0.1, 0.15) is 11.7 Å². The van der Waals surface area contributed by atoms with Crippen LogP contribution in [-0.4, -0.2) is 90.9 Å². The minimum Gasteiger partial charge on any atom is -0.504 e. The van der Waals surface area contributed by atoms with E-state index in [4.69, 9.17) is 15.1 Å². The Kier molecular flexibility index (Phi) is 8.49. The second-order valence-electron chi connectivity index (χ2n) is 10.2. The zero-order valence-corrected chi connectivity index (χ0v) is 24.5. The summed E-state index contributed by atoms with van der Waals surface area (Å²) in [6.07, 6.45) is 0. The van der Waals surface area contributed by atoms with Crippen molar-refractivity contribution < 1.29 is 47.2 Å². The molecule has 0 aliphatic carbocycles. The number of hydrogen-bond acceptors (Lipinski definition) is 14. The van der Waals surface area contributed by atoms with Gasteiger partial charge in [0.15, 0.2) is 22.3 Å². The normalized spacial score (nSPS) is 18.9. The van der Waals surface area contributed by atoms with Crippen LogP contribution in [0.5, 0.6) is 11.5 Å². The molecule has 20 heteroatoms. The van der Waals surface area contributed by atoms with Gasteiger partial charge in [0.25, 0.3) is 23.6 Å². The lowest BCUT2D eigenvalue weighted by Crippen LogP contribution is -2.71. The predicted molar refractivity (Wildman–Crippen MR) is 148 cm³/mol. The lowest BCUT2D eigenvalue weighted by molar-refractivity contribution is -0.146. The van der Waals surface area contributed by atoms with E-state index in [0.29, 0.717) is 13.1 Å². The number of nitrogens with zero attached hydrogens (tertiary/aromatic N) is 4. The van der Waals surface area contributed by atoms with Gasteiger partial charge in [0.2, 0.25) is 5.60 Å². The summed E-state index contributed by atoms with van der Waals surface area (Å²) in [6, 6.07) is 0.409. The number of nitrogens with two attached hydrogens (primary N) is 1. The number of carbonyl (C=O) groups is 4. The molecule has 0 bridgehead atoms. The Morgan fingerprint density at radius 2 is 1.79 bits per heavy atom. The number of aromatic hydroxyl groups is 2. The number of aromatic nitrogens is 1. The number of hydrogen-bond donors (Lipinski definition) is 7. The van der Waals surface area contributed by atoms with E-state index in [2.05, 4.69) is 26.3 Å². The van der Waals surface area contributed by atoms with Crippen molar-refractivity contribution in [2.24, 2.45) is 5.16 Å². The number of hydrazine groups is 1. The highest BCUT2D eigenvalue weighted by Crippen LogP contribution is 2.33. The predicted octanol–water partition coefficient (Wildman–Crippen LogP) is -1.68. The zero-order valence-electron chi connectivity index (χ0n) is 22.9. The number of amides is 4. The Hall–Kier alpha value is -4.53. The molecule has 2 aromatic rings. The number of thiazole rings is 1. The van der Waals surface area contributed by atoms with E-state index in [1.54, 1.807) is 4.90 Å². The number of nitrogen functional groups attached to an aromatic ring is 1. The van der Waals surface area contributed by atoms with Gasteiger partial charge in [-0.05, 0) is 44.0 Å². The minimum atomic E-state index is -4.82. The molecule has 8 N–H and O–H groups in total. The van der Waals surface area contributed by atoms with Crippen molar-refractivity contribution >= 4 is 56.1 Å². The first kappa shape index (κ1) is 31.4. The summed E-state index contributed by atoms with van der Waals surface area (Å²) in [5, 5.41) is 26.8. The summed E-state index contributed by atoms with van der Waals surface area (Å²) in [7, 11) is -4.82. The Bertz CT molecular complexity index is 1590. The summed E-state index contributed by atoms with van der Waals surface area (Å²) in [5.74, 6) is -4.06. The van der Waals surface area contributed by atoms with Crippen LogP contribution in [0.15, 0.2) is 22.7 Å². The number of β-lactam (4-membered cyclic amide) rings is 1. The van der Waals surface area contributed by atoms with Crippen LogP contribution in [0, 0.1) is 0 Å². The Morgan fingerprint density at radius 1 is 1.19 bits per heavy atom. The standard InChI is InChI=1S/C23H28N8O10S2/c1-10-17(20(36)31(10)43(38,39)40)26-19(35)18(13-9-42-22(24)25-13)29-41-23(2,3)21(37)28-27-16(34)8-30-6-11-4-14(32)15(33)5-12(11)7-30/h4-5,9-10,17,32-33H,6-8H2,1-3H3,(H2,24,25)(H,26,35)(H,27,34)(H,28,37)(H,38,39,40)/t10-,17+/m1/s1. The molecule has 0 saturated carbocycles. The number of oxime groups is 1. The highest BCUT2D eigenvalue weighted by molar-refractivity contribution is 7.84. The van der Waals surface area contributed by atoms with Gasteiger partial charge >= 0.3 is 10.3 Å². The van der Waals surface area contributed by atoms with Crippen molar-refractivity contribution in [2.75, 3.05) is 12.3 Å². The van der Waals surface area contributed by atoms with Crippen molar-refractivity contribution in [3.05, 3.63) is 34.3 Å². The van der Waals surface area contributed by atoms with Crippen LogP contribution in [0.25, 0.3) is 0 Å². The first-order valence-corrected chi connectivity index (χ1v) is 14.7. The van der Waals surface area contributed by atoms with E-state index in [1.165, 1.54) is 38.3 Å². The van der Waals surface area contributed by atoms with Crippen LogP contribution in [0.3, 0.4) is 0 Å². The highest BCUT2D eigenvalue weighted by atomic mass is 32.2. The number of anilines is 1. The quantitative estimate of drug-likeness (QED) is 0.0531. The van der Waals surface area contributed by atoms with Gasteiger partial charge in [-0.25, -0.2) is 9.29 Å². The van der Waals surface area contributed by atoms with Crippen molar-refractivity contribution in [2.45, 2.75) is 51.5 Å². The summed E-state index contributed by atoms with van der Waals surface area (Å²) in [4.78, 5) is 61.4. The summed E-state index contributed by atoms with van der Waals surface area (Å²) >= 11 is 0.962. The molecule has 2 aliphatic rings. The van der Waals surface area contributed by atoms with Gasteiger partial charge in [-0.2, -0.15) is 8.42 Å². The molecule has 4 amide bonds. The van der Waals surface area contributed by atoms with Gasteiger partial charge in [0.05, 0.1) is 12.6 Å².